The van der Waals surface area contributed by atoms with Crippen LogP contribution in [0.15, 0.2) is 24.3 Å². The third-order valence-electron chi connectivity index (χ3n) is 2.08. The van der Waals surface area contributed by atoms with Crippen LogP contribution in [0.1, 0.15) is 19.4 Å². The number of hydrogen-bond donors (Lipinski definition) is 2. The molecule has 0 saturated carbocycles. The number of para-hydroxylation sites is 1. The van der Waals surface area contributed by atoms with E-state index in [0.717, 1.165) is 5.56 Å². The summed E-state index contributed by atoms with van der Waals surface area (Å²) < 4.78 is 0. The van der Waals surface area contributed by atoms with Crippen LogP contribution in [0.25, 0.3) is 0 Å². The highest BCUT2D eigenvalue weighted by Crippen LogP contribution is 2.13. The normalized spacial score (nSPS) is 10.2. The van der Waals surface area contributed by atoms with Crippen molar-refractivity contribution in [2.24, 2.45) is 0 Å². The first kappa shape index (κ1) is 11.5. The first-order valence-corrected chi connectivity index (χ1v) is 4.87. The van der Waals surface area contributed by atoms with E-state index in [2.05, 4.69) is 5.32 Å². The van der Waals surface area contributed by atoms with Crippen LogP contribution >= 0.6 is 0 Å². The number of carbonyl (C=O) groups is 1. The third-order valence-corrected chi connectivity index (χ3v) is 2.08. The molecule has 0 atom stereocenters. The number of nitrogens with zero attached hydrogens (tertiary/aromatic N) is 1. The van der Waals surface area contributed by atoms with Gasteiger partial charge in [0.25, 0.3) is 0 Å². The molecule has 0 fully saturated rings. The molecule has 2 N–H and O–H groups in total. The molecule has 0 aliphatic carbocycles. The maximum absolute atomic E-state index is 11.5. The smallest absolute Gasteiger partial charge is 0.306 e. The van der Waals surface area contributed by atoms with E-state index in [4.69, 9.17) is 0 Å². The predicted octanol–water partition coefficient (Wildman–Crippen LogP) is 2.63. The summed E-state index contributed by atoms with van der Waals surface area (Å²) in [6.07, 6.45) is 0. The SMILES string of the molecule is Cc1ccccc1NC(=O)N(O)C(C)C. The molecule has 15 heavy (non-hydrogen) atoms. The summed E-state index contributed by atoms with van der Waals surface area (Å²) in [5, 5.41) is 12.7. The molecule has 0 aliphatic rings. The van der Waals surface area contributed by atoms with Gasteiger partial charge in [-0.05, 0) is 32.4 Å². The molecule has 82 valence electrons. The molecule has 0 bridgehead atoms. The highest BCUT2D eigenvalue weighted by Gasteiger charge is 2.14. The molecule has 0 aliphatic heterocycles. The van der Waals surface area contributed by atoms with Gasteiger partial charge in [0.15, 0.2) is 0 Å². The number of rotatable bonds is 2. The molecule has 2 amide bonds. The molecular weight excluding hydrogens is 192 g/mol. The fourth-order valence-corrected chi connectivity index (χ4v) is 1.12. The summed E-state index contributed by atoms with van der Waals surface area (Å²) in [6, 6.07) is 6.66. The maximum Gasteiger partial charge on any atom is 0.345 e. The van der Waals surface area contributed by atoms with Crippen LogP contribution in [0.5, 0.6) is 0 Å². The van der Waals surface area contributed by atoms with Gasteiger partial charge in [-0.25, -0.2) is 9.86 Å². The average Bonchev–Trinajstić information content (AvgIpc) is 2.20. The standard InChI is InChI=1S/C11H16N2O2/c1-8(2)13(15)11(14)12-10-7-5-4-6-9(10)3/h4-8,15H,1-3H3,(H,12,14). The van der Waals surface area contributed by atoms with Crippen molar-refractivity contribution in [3.05, 3.63) is 29.8 Å². The van der Waals surface area contributed by atoms with E-state index in [1.165, 1.54) is 0 Å². The Hall–Kier alpha value is -1.55. The van der Waals surface area contributed by atoms with Crippen LogP contribution in [0.4, 0.5) is 10.5 Å². The van der Waals surface area contributed by atoms with Crippen LogP contribution in [0, 0.1) is 6.92 Å². The van der Waals surface area contributed by atoms with Gasteiger partial charge in [-0.2, -0.15) is 0 Å². The Balaban J connectivity index is 2.71. The van der Waals surface area contributed by atoms with Crippen LogP contribution in [-0.4, -0.2) is 22.3 Å². The predicted molar refractivity (Wildman–Crippen MR) is 59.0 cm³/mol. The Kier molecular flexibility index (Phi) is 3.68. The monoisotopic (exact) mass is 208 g/mol. The number of anilines is 1. The fraction of sp³-hybridized carbons (Fsp3) is 0.364. The van der Waals surface area contributed by atoms with E-state index < -0.39 is 6.03 Å². The van der Waals surface area contributed by atoms with Gasteiger partial charge >= 0.3 is 6.03 Å². The Labute approximate surface area is 89.5 Å². The van der Waals surface area contributed by atoms with Gasteiger partial charge in [0.2, 0.25) is 0 Å². The lowest BCUT2D eigenvalue weighted by Gasteiger charge is -2.19. The van der Waals surface area contributed by atoms with Gasteiger partial charge in [0, 0.05) is 5.69 Å². The van der Waals surface area contributed by atoms with E-state index in [1.54, 1.807) is 19.9 Å². The van der Waals surface area contributed by atoms with E-state index in [9.17, 15) is 10.0 Å². The lowest BCUT2D eigenvalue weighted by atomic mass is 10.2. The molecule has 0 aromatic heterocycles. The molecule has 1 aromatic carbocycles. The van der Waals surface area contributed by atoms with Crippen molar-refractivity contribution < 1.29 is 10.0 Å². The maximum atomic E-state index is 11.5. The average molecular weight is 208 g/mol. The van der Waals surface area contributed by atoms with Crippen molar-refractivity contribution in [3.8, 4) is 0 Å². The van der Waals surface area contributed by atoms with Gasteiger partial charge in [-0.1, -0.05) is 18.2 Å². The first-order valence-electron chi connectivity index (χ1n) is 4.87. The van der Waals surface area contributed by atoms with E-state index in [1.807, 2.05) is 25.1 Å². The highest BCUT2D eigenvalue weighted by molar-refractivity contribution is 5.89. The summed E-state index contributed by atoms with van der Waals surface area (Å²) in [5.74, 6) is 0. The van der Waals surface area contributed by atoms with Crippen molar-refractivity contribution in [2.45, 2.75) is 26.8 Å². The summed E-state index contributed by atoms with van der Waals surface area (Å²) >= 11 is 0. The zero-order valence-corrected chi connectivity index (χ0v) is 9.19. The number of benzene rings is 1. The van der Waals surface area contributed by atoms with Gasteiger partial charge in [-0.3, -0.25) is 5.21 Å². The topological polar surface area (TPSA) is 52.6 Å². The zero-order chi connectivity index (χ0) is 11.4. The van der Waals surface area contributed by atoms with E-state index >= 15 is 0 Å². The molecule has 1 aromatic rings. The molecule has 0 radical (unpaired) electrons. The summed E-state index contributed by atoms with van der Waals surface area (Å²) in [4.78, 5) is 11.5. The minimum Gasteiger partial charge on any atom is -0.306 e. The number of urea groups is 1. The van der Waals surface area contributed by atoms with Gasteiger partial charge < -0.3 is 5.32 Å². The second-order valence-corrected chi connectivity index (χ2v) is 3.68. The number of aryl methyl sites for hydroxylation is 1. The molecule has 4 heteroatoms. The van der Waals surface area contributed by atoms with Gasteiger partial charge in [-0.15, -0.1) is 0 Å². The number of amides is 2. The summed E-state index contributed by atoms with van der Waals surface area (Å²) in [7, 11) is 0. The Bertz CT molecular complexity index is 350. The quantitative estimate of drug-likeness (QED) is 0.580. The highest BCUT2D eigenvalue weighted by atomic mass is 16.5. The van der Waals surface area contributed by atoms with Crippen molar-refractivity contribution in [1.29, 1.82) is 0 Å². The van der Waals surface area contributed by atoms with Crippen molar-refractivity contribution in [3.63, 3.8) is 0 Å². The summed E-state index contributed by atoms with van der Waals surface area (Å²) in [5.41, 5.74) is 1.67. The fourth-order valence-electron chi connectivity index (χ4n) is 1.12. The largest absolute Gasteiger partial charge is 0.345 e. The zero-order valence-electron chi connectivity index (χ0n) is 9.19. The first-order chi connectivity index (χ1) is 7.02. The van der Waals surface area contributed by atoms with E-state index in [-0.39, 0.29) is 6.04 Å². The van der Waals surface area contributed by atoms with Crippen LogP contribution in [0.2, 0.25) is 0 Å². The lowest BCUT2D eigenvalue weighted by molar-refractivity contribution is -0.0622. The second-order valence-electron chi connectivity index (χ2n) is 3.68. The molecule has 0 heterocycles. The Morgan fingerprint density at radius 2 is 2.00 bits per heavy atom. The third kappa shape index (κ3) is 2.95. The van der Waals surface area contributed by atoms with Crippen molar-refractivity contribution in [1.82, 2.24) is 5.06 Å². The Morgan fingerprint density at radius 1 is 1.40 bits per heavy atom. The van der Waals surface area contributed by atoms with Crippen LogP contribution in [-0.2, 0) is 0 Å². The van der Waals surface area contributed by atoms with Crippen LogP contribution in [0.3, 0.4) is 0 Å². The van der Waals surface area contributed by atoms with Gasteiger partial charge in [0.05, 0.1) is 6.04 Å². The number of hydroxylamine groups is 2. The second kappa shape index (κ2) is 4.79. The molecule has 1 rings (SSSR count). The van der Waals surface area contributed by atoms with Crippen LogP contribution < -0.4 is 5.32 Å². The molecule has 0 spiro atoms. The Morgan fingerprint density at radius 3 is 2.53 bits per heavy atom. The summed E-state index contributed by atoms with van der Waals surface area (Å²) in [6.45, 7) is 5.36. The minimum atomic E-state index is -0.515. The molecule has 4 nitrogen and oxygen atoms in total. The lowest BCUT2D eigenvalue weighted by Crippen LogP contribution is -2.37. The van der Waals surface area contributed by atoms with E-state index in [0.29, 0.717) is 10.8 Å². The molecule has 0 saturated heterocycles. The van der Waals surface area contributed by atoms with Crippen molar-refractivity contribution in [2.75, 3.05) is 5.32 Å². The number of carbonyl (C=O) groups excluding carboxylic acids is 1. The minimum absolute atomic E-state index is 0.242. The number of nitrogens with one attached hydrogen (secondary N) is 1. The molecule has 0 unspecified atom stereocenters. The molecular formula is C11H16N2O2. The van der Waals surface area contributed by atoms with Gasteiger partial charge in [0.1, 0.15) is 0 Å². The van der Waals surface area contributed by atoms with Crippen molar-refractivity contribution >= 4 is 11.7 Å². The number of hydrogen-bond acceptors (Lipinski definition) is 2.